The van der Waals surface area contributed by atoms with Crippen molar-refractivity contribution in [1.29, 1.82) is 0 Å². The van der Waals surface area contributed by atoms with Crippen LogP contribution in [0.5, 0.6) is 0 Å². The van der Waals surface area contributed by atoms with Crippen molar-refractivity contribution in [3.8, 4) is 0 Å². The molecule has 0 bridgehead atoms. The number of hydrogen-bond acceptors (Lipinski definition) is 2. The van der Waals surface area contributed by atoms with Crippen LogP contribution in [0.2, 0.25) is 0 Å². The van der Waals surface area contributed by atoms with Crippen LogP contribution in [-0.2, 0) is 0 Å². The number of benzene rings is 1. The normalized spacial score (nSPS) is 21.1. The highest BCUT2D eigenvalue weighted by molar-refractivity contribution is 5.73. The molecule has 0 amide bonds. The van der Waals surface area contributed by atoms with E-state index in [-0.39, 0.29) is 0 Å². The molecule has 0 aliphatic carbocycles. The number of allylic oxidation sites excluding steroid dienone is 1. The molecule has 74 valence electrons. The van der Waals surface area contributed by atoms with Crippen molar-refractivity contribution in [2.45, 2.75) is 26.3 Å². The second-order valence-electron chi connectivity index (χ2n) is 3.63. The molecule has 1 aliphatic rings. The molecule has 14 heavy (non-hydrogen) atoms. The summed E-state index contributed by atoms with van der Waals surface area (Å²) in [6.07, 6.45) is 1.11. The van der Waals surface area contributed by atoms with Crippen molar-refractivity contribution in [2.24, 2.45) is 0 Å². The largest absolute Gasteiger partial charge is 0.325 e. The van der Waals surface area contributed by atoms with Crippen LogP contribution < -0.4 is 10.9 Å². The van der Waals surface area contributed by atoms with E-state index >= 15 is 0 Å². The lowest BCUT2D eigenvalue weighted by Crippen LogP contribution is -2.31. The zero-order chi connectivity index (χ0) is 9.97. The van der Waals surface area contributed by atoms with E-state index in [4.69, 9.17) is 0 Å². The van der Waals surface area contributed by atoms with Crippen molar-refractivity contribution >= 4 is 5.57 Å². The van der Waals surface area contributed by atoms with E-state index in [2.05, 4.69) is 55.0 Å². The van der Waals surface area contributed by atoms with Crippen LogP contribution in [-0.4, -0.2) is 6.04 Å². The van der Waals surface area contributed by atoms with Gasteiger partial charge in [-0.3, -0.25) is 0 Å². The molecule has 0 saturated carbocycles. The van der Waals surface area contributed by atoms with Gasteiger partial charge in [-0.25, -0.2) is 5.43 Å². The van der Waals surface area contributed by atoms with Gasteiger partial charge < -0.3 is 5.43 Å². The average molecular weight is 188 g/mol. The first kappa shape index (κ1) is 9.28. The fourth-order valence-electron chi connectivity index (χ4n) is 1.94. The molecule has 0 aromatic heterocycles. The van der Waals surface area contributed by atoms with Crippen LogP contribution in [0.4, 0.5) is 0 Å². The summed E-state index contributed by atoms with van der Waals surface area (Å²) in [7, 11) is 0. The highest BCUT2D eigenvalue weighted by atomic mass is 15.4. The summed E-state index contributed by atoms with van der Waals surface area (Å²) in [5, 5.41) is 0. The van der Waals surface area contributed by atoms with Gasteiger partial charge in [0.1, 0.15) is 0 Å². The molecule has 1 unspecified atom stereocenters. The number of hydrogen-bond donors (Lipinski definition) is 2. The van der Waals surface area contributed by atoms with Crippen molar-refractivity contribution in [3.05, 3.63) is 41.6 Å². The fourth-order valence-corrected chi connectivity index (χ4v) is 1.94. The molecule has 1 aromatic rings. The lowest BCUT2D eigenvalue weighted by Gasteiger charge is -2.11. The second-order valence-corrected chi connectivity index (χ2v) is 3.63. The lowest BCUT2D eigenvalue weighted by molar-refractivity contribution is 0.568. The number of nitrogens with one attached hydrogen (secondary N) is 2. The van der Waals surface area contributed by atoms with Gasteiger partial charge in [-0.2, -0.15) is 0 Å². The van der Waals surface area contributed by atoms with E-state index < -0.39 is 0 Å². The first-order chi connectivity index (χ1) is 6.83. The first-order valence-electron chi connectivity index (χ1n) is 5.10. The molecule has 1 aliphatic heterocycles. The van der Waals surface area contributed by atoms with Gasteiger partial charge in [-0.05, 0) is 24.5 Å². The van der Waals surface area contributed by atoms with Crippen molar-refractivity contribution < 1.29 is 0 Å². The molecule has 1 atom stereocenters. The molecule has 1 aromatic carbocycles. The van der Waals surface area contributed by atoms with Crippen molar-refractivity contribution in [3.63, 3.8) is 0 Å². The van der Waals surface area contributed by atoms with E-state index in [1.807, 2.05) is 0 Å². The molecule has 0 radical (unpaired) electrons. The molecule has 0 saturated heterocycles. The molecule has 2 heteroatoms. The van der Waals surface area contributed by atoms with Crippen LogP contribution >= 0.6 is 0 Å². The van der Waals surface area contributed by atoms with Gasteiger partial charge >= 0.3 is 0 Å². The van der Waals surface area contributed by atoms with Gasteiger partial charge in [0, 0.05) is 5.70 Å². The molecule has 0 fully saturated rings. The predicted molar refractivity (Wildman–Crippen MR) is 59.4 cm³/mol. The first-order valence-corrected chi connectivity index (χ1v) is 5.10. The van der Waals surface area contributed by atoms with E-state index in [9.17, 15) is 0 Å². The molecule has 2 rings (SSSR count). The zero-order valence-corrected chi connectivity index (χ0v) is 8.67. The number of hydrazine groups is 1. The standard InChI is InChI=1S/C12H16N2/c1-3-11-12(9(2)13-14-11)10-7-5-4-6-8-10/h4-8,11,13-14H,3H2,1-2H3. The van der Waals surface area contributed by atoms with Crippen LogP contribution in [0.1, 0.15) is 25.8 Å². The Labute approximate surface area is 85.0 Å². The third kappa shape index (κ3) is 1.53. The Morgan fingerprint density at radius 3 is 2.57 bits per heavy atom. The van der Waals surface area contributed by atoms with E-state index in [0.717, 1.165) is 6.42 Å². The quantitative estimate of drug-likeness (QED) is 0.744. The van der Waals surface area contributed by atoms with E-state index in [1.165, 1.54) is 16.8 Å². The van der Waals surface area contributed by atoms with Crippen molar-refractivity contribution in [1.82, 2.24) is 10.9 Å². The smallest absolute Gasteiger partial charge is 0.0530 e. The van der Waals surface area contributed by atoms with Crippen LogP contribution in [0.15, 0.2) is 36.0 Å². The van der Waals surface area contributed by atoms with Gasteiger partial charge in [-0.1, -0.05) is 37.3 Å². The summed E-state index contributed by atoms with van der Waals surface area (Å²) in [6, 6.07) is 11.0. The Bertz CT molecular complexity index is 341. The summed E-state index contributed by atoms with van der Waals surface area (Å²) < 4.78 is 0. The van der Waals surface area contributed by atoms with Gasteiger partial charge in [0.2, 0.25) is 0 Å². The minimum Gasteiger partial charge on any atom is -0.325 e. The summed E-state index contributed by atoms with van der Waals surface area (Å²) >= 11 is 0. The van der Waals surface area contributed by atoms with E-state index in [0.29, 0.717) is 6.04 Å². The topological polar surface area (TPSA) is 24.1 Å². The summed E-state index contributed by atoms with van der Waals surface area (Å²) in [4.78, 5) is 0. The molecule has 2 nitrogen and oxygen atoms in total. The fraction of sp³-hybridized carbons (Fsp3) is 0.333. The van der Waals surface area contributed by atoms with Crippen LogP contribution in [0.25, 0.3) is 5.57 Å². The summed E-state index contributed by atoms with van der Waals surface area (Å²) in [6.45, 7) is 4.31. The maximum absolute atomic E-state index is 3.28. The van der Waals surface area contributed by atoms with E-state index in [1.54, 1.807) is 0 Å². The monoisotopic (exact) mass is 188 g/mol. The predicted octanol–water partition coefficient (Wildman–Crippen LogP) is 2.30. The van der Waals surface area contributed by atoms with Gasteiger partial charge in [-0.15, -0.1) is 0 Å². The van der Waals surface area contributed by atoms with Crippen LogP contribution in [0.3, 0.4) is 0 Å². The molecule has 1 heterocycles. The maximum atomic E-state index is 3.28. The molecular formula is C12H16N2. The Kier molecular flexibility index (Phi) is 2.55. The Morgan fingerprint density at radius 1 is 1.21 bits per heavy atom. The van der Waals surface area contributed by atoms with Gasteiger partial charge in [0.05, 0.1) is 6.04 Å². The highest BCUT2D eigenvalue weighted by Crippen LogP contribution is 2.25. The summed E-state index contributed by atoms with van der Waals surface area (Å²) in [5.41, 5.74) is 10.4. The Balaban J connectivity index is 2.37. The molecule has 0 spiro atoms. The second kappa shape index (κ2) is 3.84. The maximum Gasteiger partial charge on any atom is 0.0530 e. The third-order valence-corrected chi connectivity index (χ3v) is 2.68. The van der Waals surface area contributed by atoms with Crippen molar-refractivity contribution in [2.75, 3.05) is 0 Å². The Morgan fingerprint density at radius 2 is 1.93 bits per heavy atom. The molecular weight excluding hydrogens is 172 g/mol. The minimum atomic E-state index is 0.442. The lowest BCUT2D eigenvalue weighted by atomic mass is 9.97. The number of rotatable bonds is 2. The minimum absolute atomic E-state index is 0.442. The van der Waals surface area contributed by atoms with Crippen LogP contribution in [0, 0.1) is 0 Å². The highest BCUT2D eigenvalue weighted by Gasteiger charge is 2.21. The Hall–Kier alpha value is -1.28. The van der Waals surface area contributed by atoms with Gasteiger partial charge in [0.15, 0.2) is 0 Å². The summed E-state index contributed by atoms with van der Waals surface area (Å²) in [5.74, 6) is 0. The third-order valence-electron chi connectivity index (χ3n) is 2.68. The molecule has 2 N–H and O–H groups in total. The van der Waals surface area contributed by atoms with Gasteiger partial charge in [0.25, 0.3) is 0 Å². The average Bonchev–Trinajstić information content (AvgIpc) is 2.61. The zero-order valence-electron chi connectivity index (χ0n) is 8.67. The SMILES string of the molecule is CCC1NNC(C)=C1c1ccccc1.